The molecule has 0 bridgehead atoms. The van der Waals surface area contributed by atoms with E-state index in [1.165, 1.54) is 5.56 Å². The first kappa shape index (κ1) is 24.7. The third-order valence-electron chi connectivity index (χ3n) is 4.25. The number of aryl methyl sites for hydroxylation is 1. The summed E-state index contributed by atoms with van der Waals surface area (Å²) in [6, 6.07) is 23.2. The maximum atomic E-state index is 12.3. The van der Waals surface area contributed by atoms with Gasteiger partial charge in [-0.15, -0.1) is 0 Å². The molecule has 3 aromatic rings. The van der Waals surface area contributed by atoms with Crippen LogP contribution in [0.4, 0.5) is 5.69 Å². The van der Waals surface area contributed by atoms with Gasteiger partial charge in [0.05, 0.1) is 16.9 Å². The molecule has 0 saturated carbocycles. The third kappa shape index (κ3) is 7.60. The molecule has 0 unspecified atom stereocenters. The maximum Gasteiger partial charge on any atom is 0.336 e. The Balaban J connectivity index is 0.000000439. The second-order valence-electron chi connectivity index (χ2n) is 6.66. The number of non-ortho nitro benzene ring substituents is 1. The van der Waals surface area contributed by atoms with Crippen molar-refractivity contribution in [2.75, 3.05) is 7.11 Å². The zero-order chi connectivity index (χ0) is 23.6. The number of carbonyl (C=O) groups excluding carboxylic acids is 1. The molecule has 32 heavy (non-hydrogen) atoms. The van der Waals surface area contributed by atoms with E-state index in [4.69, 9.17) is 4.18 Å². The molecule has 1 atom stereocenters. The molecular weight excluding hydrogens is 434 g/mol. The molecule has 0 aliphatic heterocycles. The molecule has 8 nitrogen and oxygen atoms in total. The number of carbonyl (C=O) groups is 1. The summed E-state index contributed by atoms with van der Waals surface area (Å²) >= 11 is 0. The molecule has 168 valence electrons. The van der Waals surface area contributed by atoms with Crippen molar-refractivity contribution < 1.29 is 27.1 Å². The van der Waals surface area contributed by atoms with Crippen molar-refractivity contribution in [3.8, 4) is 0 Å². The summed E-state index contributed by atoms with van der Waals surface area (Å²) in [6.07, 6.45) is -1.37. The van der Waals surface area contributed by atoms with Crippen LogP contribution in [0.2, 0.25) is 0 Å². The van der Waals surface area contributed by atoms with Crippen molar-refractivity contribution >= 4 is 21.8 Å². The quantitative estimate of drug-likeness (QED) is 0.227. The van der Waals surface area contributed by atoms with Gasteiger partial charge in [0.1, 0.15) is 0 Å². The van der Waals surface area contributed by atoms with Crippen LogP contribution in [0, 0.1) is 17.0 Å². The van der Waals surface area contributed by atoms with E-state index >= 15 is 0 Å². The second-order valence-corrected chi connectivity index (χ2v) is 8.23. The number of hydrogen-bond acceptors (Lipinski definition) is 7. The first-order chi connectivity index (χ1) is 15.2. The van der Waals surface area contributed by atoms with Crippen LogP contribution in [0.1, 0.15) is 11.1 Å². The van der Waals surface area contributed by atoms with E-state index in [2.05, 4.69) is 23.8 Å². The molecule has 0 N–H and O–H groups in total. The number of esters is 1. The van der Waals surface area contributed by atoms with E-state index in [1.54, 1.807) is 30.3 Å². The Kier molecular flexibility index (Phi) is 9.06. The number of rotatable bonds is 7. The zero-order valence-electron chi connectivity index (χ0n) is 17.6. The maximum absolute atomic E-state index is 12.3. The highest BCUT2D eigenvalue weighted by atomic mass is 32.2. The summed E-state index contributed by atoms with van der Waals surface area (Å²) in [4.78, 5) is 21.6. The molecule has 0 amide bonds. The molecule has 0 aliphatic carbocycles. The van der Waals surface area contributed by atoms with Gasteiger partial charge in [-0.1, -0.05) is 66.2 Å². The SMILES string of the molecule is COC(=O)[C@@H](Cc1ccccc1)OS(=O)(=O)c1ccc([N+](=O)[O-])cc1.Cc1ccccc1. The number of nitro groups is 1. The smallest absolute Gasteiger partial charge is 0.336 e. The minimum atomic E-state index is -4.30. The van der Waals surface area contributed by atoms with E-state index in [9.17, 15) is 23.3 Å². The number of methoxy groups -OCH3 is 1. The van der Waals surface area contributed by atoms with Gasteiger partial charge in [-0.3, -0.25) is 14.3 Å². The lowest BCUT2D eigenvalue weighted by atomic mass is 10.1. The van der Waals surface area contributed by atoms with Crippen LogP contribution in [0.5, 0.6) is 0 Å². The first-order valence-corrected chi connectivity index (χ1v) is 10.9. The van der Waals surface area contributed by atoms with E-state index in [1.807, 2.05) is 18.2 Å². The number of ether oxygens (including phenoxy) is 1. The number of hydrogen-bond donors (Lipinski definition) is 0. The highest BCUT2D eigenvalue weighted by Gasteiger charge is 2.29. The third-order valence-corrected chi connectivity index (χ3v) is 5.58. The Bertz CT molecular complexity index is 1120. The van der Waals surface area contributed by atoms with Crippen LogP contribution in [0.15, 0.2) is 89.8 Å². The Labute approximate surface area is 186 Å². The van der Waals surface area contributed by atoms with Gasteiger partial charge < -0.3 is 4.74 Å². The fraction of sp³-hybridized carbons (Fsp3) is 0.174. The van der Waals surface area contributed by atoms with Crippen LogP contribution in [-0.2, 0) is 30.3 Å². The fourth-order valence-corrected chi connectivity index (χ4v) is 3.63. The van der Waals surface area contributed by atoms with Gasteiger partial charge in [0.25, 0.3) is 15.8 Å². The minimum Gasteiger partial charge on any atom is -0.467 e. The molecule has 0 saturated heterocycles. The number of nitro benzene ring substituents is 1. The van der Waals surface area contributed by atoms with Crippen LogP contribution in [-0.4, -0.2) is 32.5 Å². The Morgan fingerprint density at radius 2 is 1.47 bits per heavy atom. The van der Waals surface area contributed by atoms with Gasteiger partial charge in [-0.2, -0.15) is 8.42 Å². The molecule has 0 aliphatic rings. The van der Waals surface area contributed by atoms with E-state index < -0.39 is 27.1 Å². The molecule has 3 rings (SSSR count). The van der Waals surface area contributed by atoms with Gasteiger partial charge in [0, 0.05) is 18.6 Å². The van der Waals surface area contributed by atoms with Gasteiger partial charge in [0.15, 0.2) is 6.10 Å². The monoisotopic (exact) mass is 457 g/mol. The Hall–Kier alpha value is -3.56. The molecule has 0 spiro atoms. The molecule has 0 radical (unpaired) electrons. The van der Waals surface area contributed by atoms with Crippen molar-refractivity contribution in [2.24, 2.45) is 0 Å². The zero-order valence-corrected chi connectivity index (χ0v) is 18.4. The summed E-state index contributed by atoms with van der Waals surface area (Å²) in [5.74, 6) is -0.839. The van der Waals surface area contributed by atoms with E-state index in [0.717, 1.165) is 31.4 Å². The van der Waals surface area contributed by atoms with Gasteiger partial charge in [-0.05, 0) is 24.6 Å². The Morgan fingerprint density at radius 1 is 0.938 bits per heavy atom. The summed E-state index contributed by atoms with van der Waals surface area (Å²) < 4.78 is 34.3. The minimum absolute atomic E-state index is 0.000273. The van der Waals surface area contributed by atoms with Gasteiger partial charge in [-0.25, -0.2) is 4.79 Å². The molecule has 0 heterocycles. The van der Waals surface area contributed by atoms with Crippen LogP contribution in [0.25, 0.3) is 0 Å². The van der Waals surface area contributed by atoms with Crippen molar-refractivity contribution in [1.82, 2.24) is 0 Å². The van der Waals surface area contributed by atoms with Crippen molar-refractivity contribution in [3.05, 3.63) is 106 Å². The lowest BCUT2D eigenvalue weighted by molar-refractivity contribution is -0.384. The summed E-state index contributed by atoms with van der Waals surface area (Å²) in [5.41, 5.74) is 1.76. The van der Waals surface area contributed by atoms with E-state index in [-0.39, 0.29) is 17.0 Å². The summed E-state index contributed by atoms with van der Waals surface area (Å²) in [5, 5.41) is 10.6. The molecule has 9 heteroatoms. The molecular formula is C23H23NO7S. The predicted molar refractivity (Wildman–Crippen MR) is 118 cm³/mol. The average Bonchev–Trinajstić information content (AvgIpc) is 2.79. The second kappa shape index (κ2) is 11.7. The molecule has 0 fully saturated rings. The van der Waals surface area contributed by atoms with Crippen LogP contribution in [0.3, 0.4) is 0 Å². The predicted octanol–water partition coefficient (Wildman–Crippen LogP) is 4.08. The van der Waals surface area contributed by atoms with Crippen LogP contribution < -0.4 is 0 Å². The van der Waals surface area contributed by atoms with Crippen LogP contribution >= 0.6 is 0 Å². The van der Waals surface area contributed by atoms with E-state index in [0.29, 0.717) is 5.56 Å². The topological polar surface area (TPSA) is 113 Å². The lowest BCUT2D eigenvalue weighted by Crippen LogP contribution is -2.30. The lowest BCUT2D eigenvalue weighted by Gasteiger charge is -2.15. The van der Waals surface area contributed by atoms with Crippen molar-refractivity contribution in [2.45, 2.75) is 24.3 Å². The average molecular weight is 458 g/mol. The first-order valence-electron chi connectivity index (χ1n) is 9.54. The van der Waals surface area contributed by atoms with Gasteiger partial charge in [0.2, 0.25) is 0 Å². The van der Waals surface area contributed by atoms with Gasteiger partial charge >= 0.3 is 5.97 Å². The normalized spacial score (nSPS) is 11.6. The largest absolute Gasteiger partial charge is 0.467 e. The summed E-state index contributed by atoms with van der Waals surface area (Å²) in [7, 11) is -3.17. The van der Waals surface area contributed by atoms with Crippen molar-refractivity contribution in [1.29, 1.82) is 0 Å². The fourth-order valence-electron chi connectivity index (χ4n) is 2.59. The number of nitrogens with zero attached hydrogens (tertiary/aromatic N) is 1. The highest BCUT2D eigenvalue weighted by Crippen LogP contribution is 2.20. The molecule has 3 aromatic carbocycles. The highest BCUT2D eigenvalue weighted by molar-refractivity contribution is 7.86. The Morgan fingerprint density at radius 3 is 1.91 bits per heavy atom. The summed E-state index contributed by atoms with van der Waals surface area (Å²) in [6.45, 7) is 2.08. The standard InChI is InChI=1S/C16H15NO7S.C7H8/c1-23-16(18)15(11-12-5-3-2-4-6-12)24-25(21,22)14-9-7-13(8-10-14)17(19)20;1-7-5-3-2-4-6-7/h2-10,15H,11H2,1H3;2-6H,1H3/t15-;/m1./s1. The number of benzene rings is 3. The molecule has 0 aromatic heterocycles. The van der Waals surface area contributed by atoms with Crippen molar-refractivity contribution in [3.63, 3.8) is 0 Å².